The fourth-order valence-corrected chi connectivity index (χ4v) is 0.990. The van der Waals surface area contributed by atoms with Crippen LogP contribution in [0, 0.1) is 0 Å². The summed E-state index contributed by atoms with van der Waals surface area (Å²) in [6.45, 7) is 6.35. The molecule has 0 aliphatic rings. The van der Waals surface area contributed by atoms with E-state index in [1.807, 2.05) is 0 Å². The minimum atomic E-state index is -2.53. The van der Waals surface area contributed by atoms with E-state index < -0.39 is 30.1 Å². The van der Waals surface area contributed by atoms with Gasteiger partial charge in [0.15, 0.2) is 6.10 Å². The Kier molecular flexibility index (Phi) is 5.41. The summed E-state index contributed by atoms with van der Waals surface area (Å²) in [5.41, 5.74) is -2.53. The van der Waals surface area contributed by atoms with Crippen molar-refractivity contribution in [1.29, 1.82) is 0 Å². The quantitative estimate of drug-likeness (QED) is 0.401. The Hall–Kier alpha value is -1.66. The van der Waals surface area contributed by atoms with Gasteiger partial charge in [-0.1, -0.05) is 18.7 Å². The van der Waals surface area contributed by atoms with Crippen molar-refractivity contribution in [3.8, 4) is 0 Å². The van der Waals surface area contributed by atoms with Gasteiger partial charge in [-0.25, -0.2) is 9.59 Å². The maximum absolute atomic E-state index is 11.4. The maximum Gasteiger partial charge on any atom is 0.342 e. The minimum absolute atomic E-state index is 0.190. The van der Waals surface area contributed by atoms with Crippen LogP contribution in [0.15, 0.2) is 25.3 Å². The number of aliphatic hydroxyl groups is 2. The fraction of sp³-hybridized carbons (Fsp3) is 0.400. The van der Waals surface area contributed by atoms with Crippen LogP contribution in [0.25, 0.3) is 0 Å². The Balaban J connectivity index is 4.92. The highest BCUT2D eigenvalue weighted by Gasteiger charge is 2.47. The molecule has 3 N–H and O–H groups in total. The number of esters is 1. The number of carbonyl (C=O) groups excluding carboxylic acids is 1. The Morgan fingerprint density at radius 2 is 1.94 bits per heavy atom. The average Bonchev–Trinajstić information content (AvgIpc) is 2.24. The van der Waals surface area contributed by atoms with Gasteiger partial charge >= 0.3 is 11.9 Å². The lowest BCUT2D eigenvalue weighted by Crippen LogP contribution is -2.53. The number of carboxylic acids is 1. The van der Waals surface area contributed by atoms with E-state index in [1.54, 1.807) is 0 Å². The summed E-state index contributed by atoms with van der Waals surface area (Å²) in [6, 6.07) is 0. The van der Waals surface area contributed by atoms with Crippen LogP contribution < -0.4 is 0 Å². The molecule has 6 heteroatoms. The molecule has 0 saturated heterocycles. The van der Waals surface area contributed by atoms with E-state index in [4.69, 9.17) is 5.11 Å². The molecule has 0 heterocycles. The molecule has 6 nitrogen and oxygen atoms in total. The normalized spacial score (nSPS) is 15.6. The SMILES string of the molecule is C=CCOC(=O)C(O)(CC=C)C(O)C(=O)O. The fourth-order valence-electron chi connectivity index (χ4n) is 0.990. The van der Waals surface area contributed by atoms with Crippen LogP contribution >= 0.6 is 0 Å². The molecule has 0 aromatic heterocycles. The van der Waals surface area contributed by atoms with Crippen LogP contribution in [-0.2, 0) is 14.3 Å². The van der Waals surface area contributed by atoms with E-state index in [1.165, 1.54) is 6.08 Å². The molecule has 0 spiro atoms. The van der Waals surface area contributed by atoms with Gasteiger partial charge in [-0.05, 0) is 0 Å². The number of carboxylic acid groups (broad SMARTS) is 1. The standard InChI is InChI=1S/C10H14O6/c1-3-5-10(15,7(11)8(12)13)9(14)16-6-4-2/h3-4,7,11,15H,1-2,5-6H2,(H,12,13). The Bertz CT molecular complexity index is 298. The third-order valence-corrected chi connectivity index (χ3v) is 1.83. The first-order valence-electron chi connectivity index (χ1n) is 4.42. The molecular weight excluding hydrogens is 216 g/mol. The molecule has 0 saturated carbocycles. The van der Waals surface area contributed by atoms with Crippen molar-refractivity contribution in [1.82, 2.24) is 0 Å². The van der Waals surface area contributed by atoms with Gasteiger partial charge in [-0.15, -0.1) is 6.58 Å². The zero-order valence-electron chi connectivity index (χ0n) is 8.63. The maximum atomic E-state index is 11.4. The van der Waals surface area contributed by atoms with Crippen molar-refractivity contribution in [2.45, 2.75) is 18.1 Å². The summed E-state index contributed by atoms with van der Waals surface area (Å²) in [7, 11) is 0. The predicted molar refractivity (Wildman–Crippen MR) is 54.6 cm³/mol. The number of carbonyl (C=O) groups is 2. The van der Waals surface area contributed by atoms with Gasteiger partial charge in [-0.2, -0.15) is 0 Å². The first kappa shape index (κ1) is 14.3. The predicted octanol–water partition coefficient (Wildman–Crippen LogP) is -0.532. The molecule has 90 valence electrons. The molecule has 0 amide bonds. The van der Waals surface area contributed by atoms with E-state index in [0.29, 0.717) is 0 Å². The minimum Gasteiger partial charge on any atom is -0.479 e. The molecule has 0 aliphatic heterocycles. The second-order valence-corrected chi connectivity index (χ2v) is 3.04. The summed E-state index contributed by atoms with van der Waals surface area (Å²) < 4.78 is 4.50. The van der Waals surface area contributed by atoms with Crippen LogP contribution in [0.4, 0.5) is 0 Å². The Morgan fingerprint density at radius 3 is 2.31 bits per heavy atom. The lowest BCUT2D eigenvalue weighted by Gasteiger charge is -2.26. The zero-order chi connectivity index (χ0) is 12.8. The van der Waals surface area contributed by atoms with Crippen molar-refractivity contribution >= 4 is 11.9 Å². The van der Waals surface area contributed by atoms with Gasteiger partial charge in [0.2, 0.25) is 5.60 Å². The molecule has 0 radical (unpaired) electrons. The molecule has 0 aromatic carbocycles. The number of ether oxygens (including phenoxy) is 1. The van der Waals surface area contributed by atoms with Gasteiger partial charge < -0.3 is 20.1 Å². The summed E-state index contributed by atoms with van der Waals surface area (Å²) in [5.74, 6) is -2.96. The molecule has 0 aromatic rings. The lowest BCUT2D eigenvalue weighted by molar-refractivity contribution is -0.186. The van der Waals surface area contributed by atoms with E-state index in [2.05, 4.69) is 17.9 Å². The van der Waals surface area contributed by atoms with E-state index in [9.17, 15) is 19.8 Å². The second kappa shape index (κ2) is 6.04. The number of hydrogen-bond acceptors (Lipinski definition) is 5. The zero-order valence-corrected chi connectivity index (χ0v) is 8.63. The van der Waals surface area contributed by atoms with E-state index >= 15 is 0 Å². The first-order chi connectivity index (χ1) is 7.40. The lowest BCUT2D eigenvalue weighted by atomic mass is 9.93. The largest absolute Gasteiger partial charge is 0.479 e. The number of rotatable bonds is 7. The summed E-state index contributed by atoms with van der Waals surface area (Å²) >= 11 is 0. The number of hydrogen-bond donors (Lipinski definition) is 3. The topological polar surface area (TPSA) is 104 Å². The summed E-state index contributed by atoms with van der Waals surface area (Å²) in [6.07, 6.45) is -0.347. The van der Waals surface area contributed by atoms with Gasteiger partial charge in [0.25, 0.3) is 0 Å². The third kappa shape index (κ3) is 3.18. The van der Waals surface area contributed by atoms with Crippen molar-refractivity contribution in [3.63, 3.8) is 0 Å². The van der Waals surface area contributed by atoms with Crippen molar-refractivity contribution in [3.05, 3.63) is 25.3 Å². The molecular formula is C10H14O6. The monoisotopic (exact) mass is 230 g/mol. The van der Waals surface area contributed by atoms with E-state index in [-0.39, 0.29) is 6.61 Å². The second-order valence-electron chi connectivity index (χ2n) is 3.04. The summed E-state index contributed by atoms with van der Waals surface area (Å²) in [4.78, 5) is 21.9. The average molecular weight is 230 g/mol. The highest BCUT2D eigenvalue weighted by molar-refractivity contribution is 5.88. The third-order valence-electron chi connectivity index (χ3n) is 1.83. The van der Waals surface area contributed by atoms with Crippen molar-refractivity contribution in [2.24, 2.45) is 0 Å². The van der Waals surface area contributed by atoms with Crippen molar-refractivity contribution in [2.75, 3.05) is 6.61 Å². The number of aliphatic hydroxyl groups excluding tert-OH is 1. The van der Waals surface area contributed by atoms with Crippen LogP contribution in [0.1, 0.15) is 6.42 Å². The molecule has 16 heavy (non-hydrogen) atoms. The molecule has 0 bridgehead atoms. The van der Waals surface area contributed by atoms with Crippen LogP contribution in [-0.4, -0.2) is 45.6 Å². The van der Waals surface area contributed by atoms with Crippen LogP contribution in [0.3, 0.4) is 0 Å². The molecule has 2 atom stereocenters. The molecule has 0 fully saturated rings. The smallest absolute Gasteiger partial charge is 0.342 e. The summed E-state index contributed by atoms with van der Waals surface area (Å²) in [5, 5.41) is 27.5. The van der Waals surface area contributed by atoms with Gasteiger partial charge in [0, 0.05) is 6.42 Å². The molecule has 0 aliphatic carbocycles. The molecule has 0 rings (SSSR count). The van der Waals surface area contributed by atoms with E-state index in [0.717, 1.165) is 6.08 Å². The highest BCUT2D eigenvalue weighted by atomic mass is 16.6. The van der Waals surface area contributed by atoms with Gasteiger partial charge in [0.05, 0.1) is 0 Å². The van der Waals surface area contributed by atoms with Crippen LogP contribution in [0.2, 0.25) is 0 Å². The Morgan fingerprint density at radius 1 is 1.38 bits per heavy atom. The number of aliphatic carboxylic acids is 1. The highest BCUT2D eigenvalue weighted by Crippen LogP contribution is 2.19. The Labute approximate surface area is 92.5 Å². The van der Waals surface area contributed by atoms with Crippen LogP contribution in [0.5, 0.6) is 0 Å². The first-order valence-corrected chi connectivity index (χ1v) is 4.42. The van der Waals surface area contributed by atoms with Crippen molar-refractivity contribution < 1.29 is 29.6 Å². The van der Waals surface area contributed by atoms with Gasteiger partial charge in [0.1, 0.15) is 6.61 Å². The van der Waals surface area contributed by atoms with Gasteiger partial charge in [-0.3, -0.25) is 0 Å². The molecule has 2 unspecified atom stereocenters.